The van der Waals surface area contributed by atoms with Gasteiger partial charge in [0.1, 0.15) is 6.33 Å². The second-order valence-electron chi connectivity index (χ2n) is 3.01. The van der Waals surface area contributed by atoms with Gasteiger partial charge in [0.2, 0.25) is 0 Å². The number of hydrogen-bond acceptors (Lipinski definition) is 3. The van der Waals surface area contributed by atoms with Crippen LogP contribution in [0, 0.1) is 4.77 Å². The molecule has 0 spiro atoms. The summed E-state index contributed by atoms with van der Waals surface area (Å²) in [5, 5.41) is 6.56. The second kappa shape index (κ2) is 6.12. The molecule has 0 atom stereocenters. The average molecular weight is 223 g/mol. The number of halogens is 1. The van der Waals surface area contributed by atoms with Crippen LogP contribution in [0.2, 0.25) is 0 Å². The number of aryl methyl sites for hydroxylation is 1. The molecule has 0 aliphatic rings. The summed E-state index contributed by atoms with van der Waals surface area (Å²) < 4.78 is 2.65. The Labute approximate surface area is 89.4 Å². The highest BCUT2D eigenvalue weighted by molar-refractivity contribution is 7.71. The fourth-order valence-electron chi connectivity index (χ4n) is 0.987. The van der Waals surface area contributed by atoms with E-state index in [0.29, 0.717) is 4.77 Å². The van der Waals surface area contributed by atoms with Crippen LogP contribution in [0.15, 0.2) is 6.33 Å². The Balaban J connectivity index is 0.00000144. The standard InChI is InChI=1S/C7H14N4S.ClH/c1-10(2)4-3-5-11-6-8-9-7(11)12;/h6H,3-5H2,1-2H3,(H,9,12);1H. The highest BCUT2D eigenvalue weighted by Gasteiger charge is 1.94. The van der Waals surface area contributed by atoms with Crippen molar-refractivity contribution in [2.75, 3.05) is 20.6 Å². The van der Waals surface area contributed by atoms with Crippen molar-refractivity contribution in [1.82, 2.24) is 19.7 Å². The molecule has 1 aromatic rings. The third-order valence-electron chi connectivity index (χ3n) is 1.62. The van der Waals surface area contributed by atoms with Gasteiger partial charge in [0.05, 0.1) is 0 Å². The number of H-pyrrole nitrogens is 1. The molecule has 6 heteroatoms. The summed E-state index contributed by atoms with van der Waals surface area (Å²) in [6.07, 6.45) is 2.83. The molecule has 0 bridgehead atoms. The summed E-state index contributed by atoms with van der Waals surface area (Å²) >= 11 is 5.00. The summed E-state index contributed by atoms with van der Waals surface area (Å²) in [5.74, 6) is 0. The number of aromatic amines is 1. The van der Waals surface area contributed by atoms with Crippen molar-refractivity contribution < 1.29 is 0 Å². The lowest BCUT2D eigenvalue weighted by atomic mass is 10.4. The SMILES string of the molecule is CN(C)CCCn1cn[nH]c1=S.Cl. The van der Waals surface area contributed by atoms with E-state index >= 15 is 0 Å². The zero-order chi connectivity index (χ0) is 8.97. The lowest BCUT2D eigenvalue weighted by Gasteiger charge is -2.08. The lowest BCUT2D eigenvalue weighted by Crippen LogP contribution is -2.14. The maximum atomic E-state index is 5.00. The minimum atomic E-state index is 0. The first-order valence-electron chi connectivity index (χ1n) is 3.94. The van der Waals surface area contributed by atoms with Gasteiger partial charge in [-0.3, -0.25) is 5.10 Å². The molecule has 1 N–H and O–H groups in total. The van der Waals surface area contributed by atoms with Gasteiger partial charge < -0.3 is 9.47 Å². The molecule has 0 fully saturated rings. The van der Waals surface area contributed by atoms with E-state index < -0.39 is 0 Å². The van der Waals surface area contributed by atoms with Crippen molar-refractivity contribution in [3.8, 4) is 0 Å². The molecule has 0 amide bonds. The fourth-order valence-corrected chi connectivity index (χ4v) is 1.18. The van der Waals surface area contributed by atoms with Crippen LogP contribution in [0.1, 0.15) is 6.42 Å². The van der Waals surface area contributed by atoms with Crippen molar-refractivity contribution in [3.63, 3.8) is 0 Å². The largest absolute Gasteiger partial charge is 0.309 e. The van der Waals surface area contributed by atoms with Crippen molar-refractivity contribution in [2.24, 2.45) is 0 Å². The molecule has 0 aliphatic carbocycles. The van der Waals surface area contributed by atoms with Gasteiger partial charge >= 0.3 is 0 Å². The van der Waals surface area contributed by atoms with E-state index in [-0.39, 0.29) is 12.4 Å². The van der Waals surface area contributed by atoms with Gasteiger partial charge in [-0.2, -0.15) is 5.10 Å². The van der Waals surface area contributed by atoms with Gasteiger partial charge in [-0.1, -0.05) is 0 Å². The van der Waals surface area contributed by atoms with E-state index in [2.05, 4.69) is 29.2 Å². The van der Waals surface area contributed by atoms with Crippen molar-refractivity contribution in [2.45, 2.75) is 13.0 Å². The van der Waals surface area contributed by atoms with Crippen LogP contribution in [0.4, 0.5) is 0 Å². The molecule has 0 saturated carbocycles. The van der Waals surface area contributed by atoms with E-state index in [1.807, 2.05) is 4.57 Å². The Morgan fingerprint density at radius 2 is 2.31 bits per heavy atom. The quantitative estimate of drug-likeness (QED) is 0.781. The predicted molar refractivity (Wildman–Crippen MR) is 57.8 cm³/mol. The Kier molecular flexibility index (Phi) is 5.94. The monoisotopic (exact) mass is 222 g/mol. The summed E-state index contributed by atoms with van der Waals surface area (Å²) in [4.78, 5) is 2.16. The smallest absolute Gasteiger partial charge is 0.194 e. The number of aromatic nitrogens is 3. The zero-order valence-electron chi connectivity index (χ0n) is 7.86. The Morgan fingerprint density at radius 1 is 1.62 bits per heavy atom. The van der Waals surface area contributed by atoms with Crippen molar-refractivity contribution in [3.05, 3.63) is 11.1 Å². The van der Waals surface area contributed by atoms with Crippen LogP contribution < -0.4 is 0 Å². The van der Waals surface area contributed by atoms with Gasteiger partial charge in [-0.05, 0) is 39.3 Å². The van der Waals surface area contributed by atoms with E-state index in [1.165, 1.54) is 0 Å². The third-order valence-corrected chi connectivity index (χ3v) is 1.95. The van der Waals surface area contributed by atoms with Crippen LogP contribution in [0.5, 0.6) is 0 Å². The van der Waals surface area contributed by atoms with E-state index in [0.717, 1.165) is 19.5 Å². The normalized spacial score (nSPS) is 10.1. The first-order chi connectivity index (χ1) is 5.70. The Hall–Kier alpha value is -0.390. The lowest BCUT2D eigenvalue weighted by molar-refractivity contribution is 0.385. The predicted octanol–water partition coefficient (Wildman–Crippen LogP) is 1.31. The molecule has 13 heavy (non-hydrogen) atoms. The Morgan fingerprint density at radius 3 is 2.77 bits per heavy atom. The summed E-state index contributed by atoms with van der Waals surface area (Å²) in [7, 11) is 4.13. The maximum absolute atomic E-state index is 5.00. The summed E-state index contributed by atoms with van der Waals surface area (Å²) in [5.41, 5.74) is 0. The van der Waals surface area contributed by atoms with Gasteiger partial charge in [0.25, 0.3) is 0 Å². The minimum absolute atomic E-state index is 0. The van der Waals surface area contributed by atoms with Gasteiger partial charge in [0.15, 0.2) is 4.77 Å². The van der Waals surface area contributed by atoms with Crippen LogP contribution in [-0.2, 0) is 6.54 Å². The average Bonchev–Trinajstić information content (AvgIpc) is 2.36. The molecule has 0 aliphatic heterocycles. The van der Waals surface area contributed by atoms with Gasteiger partial charge in [-0.25, -0.2) is 0 Å². The van der Waals surface area contributed by atoms with Crippen LogP contribution in [0.25, 0.3) is 0 Å². The molecule has 0 radical (unpaired) electrons. The van der Waals surface area contributed by atoms with Crippen molar-refractivity contribution in [1.29, 1.82) is 0 Å². The number of nitrogens with zero attached hydrogens (tertiary/aromatic N) is 3. The molecule has 0 aromatic carbocycles. The van der Waals surface area contributed by atoms with E-state index in [1.54, 1.807) is 6.33 Å². The van der Waals surface area contributed by atoms with Crippen LogP contribution in [-0.4, -0.2) is 40.3 Å². The highest BCUT2D eigenvalue weighted by atomic mass is 35.5. The van der Waals surface area contributed by atoms with Gasteiger partial charge in [-0.15, -0.1) is 12.4 Å². The highest BCUT2D eigenvalue weighted by Crippen LogP contribution is 1.92. The molecule has 76 valence electrons. The molecule has 0 saturated heterocycles. The summed E-state index contributed by atoms with van der Waals surface area (Å²) in [6.45, 7) is 2.01. The minimum Gasteiger partial charge on any atom is -0.309 e. The maximum Gasteiger partial charge on any atom is 0.194 e. The molecule has 1 rings (SSSR count). The third kappa shape index (κ3) is 4.40. The topological polar surface area (TPSA) is 36.9 Å². The van der Waals surface area contributed by atoms with Crippen LogP contribution >= 0.6 is 24.6 Å². The molecule has 0 unspecified atom stereocenters. The molecule has 1 aromatic heterocycles. The van der Waals surface area contributed by atoms with Crippen LogP contribution in [0.3, 0.4) is 0 Å². The Bertz CT molecular complexity index is 280. The molecule has 1 heterocycles. The van der Waals surface area contributed by atoms with Crippen molar-refractivity contribution >= 4 is 24.6 Å². The molecule has 4 nitrogen and oxygen atoms in total. The first kappa shape index (κ1) is 12.6. The summed E-state index contributed by atoms with van der Waals surface area (Å²) in [6, 6.07) is 0. The number of nitrogens with one attached hydrogen (secondary N) is 1. The first-order valence-corrected chi connectivity index (χ1v) is 4.35. The number of hydrogen-bond donors (Lipinski definition) is 1. The molecular weight excluding hydrogens is 208 g/mol. The fraction of sp³-hybridized carbons (Fsp3) is 0.714. The molecular formula is C7H15ClN4S. The number of rotatable bonds is 4. The van der Waals surface area contributed by atoms with Gasteiger partial charge in [0, 0.05) is 6.54 Å². The zero-order valence-corrected chi connectivity index (χ0v) is 9.49. The van der Waals surface area contributed by atoms with E-state index in [9.17, 15) is 0 Å². The van der Waals surface area contributed by atoms with E-state index in [4.69, 9.17) is 12.2 Å². The second-order valence-corrected chi connectivity index (χ2v) is 3.40.